The van der Waals surface area contributed by atoms with Gasteiger partial charge < -0.3 is 4.74 Å². The molecule has 5 nitrogen and oxygen atoms in total. The van der Waals surface area contributed by atoms with Crippen LogP contribution in [0.25, 0.3) is 10.2 Å². The van der Waals surface area contributed by atoms with Gasteiger partial charge >= 0.3 is 0 Å². The van der Waals surface area contributed by atoms with Gasteiger partial charge in [0, 0.05) is 32.1 Å². The normalized spacial score (nSPS) is 19.0. The predicted octanol–water partition coefficient (Wildman–Crippen LogP) is 4.55. The summed E-state index contributed by atoms with van der Waals surface area (Å²) in [5, 5.41) is 0.881. The van der Waals surface area contributed by atoms with Crippen molar-refractivity contribution in [2.24, 2.45) is 5.92 Å². The maximum absolute atomic E-state index is 13.5. The molecule has 158 valence electrons. The molecule has 2 aromatic rings. The summed E-state index contributed by atoms with van der Waals surface area (Å²) in [5.41, 5.74) is 3.54. The number of hydrogen-bond donors (Lipinski definition) is 0. The van der Waals surface area contributed by atoms with E-state index in [1.54, 1.807) is 11.3 Å². The summed E-state index contributed by atoms with van der Waals surface area (Å²) in [4.78, 5) is 22.9. The number of amides is 1. The zero-order valence-electron chi connectivity index (χ0n) is 17.8. The summed E-state index contributed by atoms with van der Waals surface area (Å²) < 4.78 is 6.63. The van der Waals surface area contributed by atoms with Crippen LogP contribution in [0.4, 0.5) is 5.13 Å². The van der Waals surface area contributed by atoms with E-state index in [1.165, 1.54) is 35.1 Å². The minimum Gasteiger partial charge on any atom is -0.379 e. The van der Waals surface area contributed by atoms with Crippen molar-refractivity contribution in [2.45, 2.75) is 52.4 Å². The highest BCUT2D eigenvalue weighted by Crippen LogP contribution is 2.34. The minimum absolute atomic E-state index is 0.169. The van der Waals surface area contributed by atoms with E-state index in [1.807, 2.05) is 4.90 Å². The fraction of sp³-hybridized carbons (Fsp3) is 0.652. The fourth-order valence-electron chi connectivity index (χ4n) is 4.48. The maximum Gasteiger partial charge on any atom is 0.231 e. The first-order valence-electron chi connectivity index (χ1n) is 11.1. The molecule has 1 aromatic carbocycles. The first kappa shape index (κ1) is 20.8. The smallest absolute Gasteiger partial charge is 0.231 e. The number of ether oxygens (including phenoxy) is 1. The number of thiazole rings is 1. The van der Waals surface area contributed by atoms with Gasteiger partial charge in [-0.1, -0.05) is 36.7 Å². The van der Waals surface area contributed by atoms with Crippen LogP contribution in [0.2, 0.25) is 0 Å². The quantitative estimate of drug-likeness (QED) is 0.694. The van der Waals surface area contributed by atoms with Crippen LogP contribution < -0.4 is 4.90 Å². The van der Waals surface area contributed by atoms with Crippen molar-refractivity contribution < 1.29 is 9.53 Å². The van der Waals surface area contributed by atoms with Gasteiger partial charge in [-0.05, 0) is 50.3 Å². The van der Waals surface area contributed by atoms with Crippen molar-refractivity contribution in [2.75, 3.05) is 44.3 Å². The zero-order chi connectivity index (χ0) is 20.2. The zero-order valence-corrected chi connectivity index (χ0v) is 18.6. The van der Waals surface area contributed by atoms with Crippen LogP contribution in [0.1, 0.15) is 49.7 Å². The number of morpholine rings is 1. The van der Waals surface area contributed by atoms with E-state index in [9.17, 15) is 4.79 Å². The van der Waals surface area contributed by atoms with E-state index in [2.05, 4.69) is 30.9 Å². The maximum atomic E-state index is 13.5. The summed E-state index contributed by atoms with van der Waals surface area (Å²) in [6.07, 6.45) is 6.66. The van der Waals surface area contributed by atoms with Crippen molar-refractivity contribution in [3.63, 3.8) is 0 Å². The summed E-state index contributed by atoms with van der Waals surface area (Å²) in [6, 6.07) is 4.31. The number of nitrogens with zero attached hydrogens (tertiary/aromatic N) is 3. The molecule has 0 radical (unpaired) electrons. The van der Waals surface area contributed by atoms with Crippen molar-refractivity contribution >= 4 is 32.6 Å². The van der Waals surface area contributed by atoms with Gasteiger partial charge in [-0.15, -0.1) is 0 Å². The molecular weight excluding hydrogens is 382 g/mol. The lowest BCUT2D eigenvalue weighted by Gasteiger charge is -2.30. The average molecular weight is 416 g/mol. The van der Waals surface area contributed by atoms with Crippen molar-refractivity contribution in [3.8, 4) is 0 Å². The third kappa shape index (κ3) is 4.81. The first-order valence-corrected chi connectivity index (χ1v) is 11.9. The Hall–Kier alpha value is -1.50. The van der Waals surface area contributed by atoms with Gasteiger partial charge in [0.15, 0.2) is 5.13 Å². The number of hydrogen-bond acceptors (Lipinski definition) is 5. The molecule has 0 atom stereocenters. The Kier molecular flexibility index (Phi) is 6.83. The summed E-state index contributed by atoms with van der Waals surface area (Å²) in [7, 11) is 0. The number of carbonyl (C=O) groups is 1. The van der Waals surface area contributed by atoms with Crippen molar-refractivity contribution in [3.05, 3.63) is 23.3 Å². The summed E-state index contributed by atoms with van der Waals surface area (Å²) >= 11 is 1.67. The molecule has 1 aliphatic heterocycles. The van der Waals surface area contributed by atoms with Crippen LogP contribution in [0, 0.1) is 19.8 Å². The molecule has 29 heavy (non-hydrogen) atoms. The second kappa shape index (κ2) is 9.54. The molecule has 2 heterocycles. The van der Waals surface area contributed by atoms with E-state index < -0.39 is 0 Å². The van der Waals surface area contributed by atoms with E-state index in [-0.39, 0.29) is 5.92 Å². The van der Waals surface area contributed by atoms with E-state index >= 15 is 0 Å². The molecule has 0 unspecified atom stereocenters. The number of anilines is 1. The third-order valence-electron chi connectivity index (χ3n) is 6.48. The van der Waals surface area contributed by atoms with Crippen LogP contribution in [0.15, 0.2) is 12.1 Å². The van der Waals surface area contributed by atoms with Gasteiger partial charge in [-0.2, -0.15) is 0 Å². The molecule has 1 aromatic heterocycles. The number of aryl methyl sites for hydroxylation is 2. The molecule has 1 saturated heterocycles. The van der Waals surface area contributed by atoms with Gasteiger partial charge in [-0.25, -0.2) is 4.98 Å². The first-order chi connectivity index (χ1) is 14.1. The van der Waals surface area contributed by atoms with Gasteiger partial charge in [0.05, 0.1) is 23.4 Å². The second-order valence-electron chi connectivity index (χ2n) is 8.48. The van der Waals surface area contributed by atoms with Gasteiger partial charge in [0.25, 0.3) is 0 Å². The Labute approximate surface area is 178 Å². The summed E-state index contributed by atoms with van der Waals surface area (Å²) in [6.45, 7) is 9.66. The highest BCUT2D eigenvalue weighted by Gasteiger charge is 2.29. The lowest BCUT2D eigenvalue weighted by molar-refractivity contribution is -0.123. The third-order valence-corrected chi connectivity index (χ3v) is 7.53. The Balaban J connectivity index is 1.53. The Morgan fingerprint density at radius 3 is 2.72 bits per heavy atom. The number of carbonyl (C=O) groups excluding carboxylic acids is 1. The molecule has 0 spiro atoms. The van der Waals surface area contributed by atoms with Gasteiger partial charge in [-0.3, -0.25) is 14.6 Å². The van der Waals surface area contributed by atoms with Crippen LogP contribution in [-0.2, 0) is 9.53 Å². The molecule has 0 bridgehead atoms. The Bertz CT molecular complexity index is 838. The molecule has 1 saturated carbocycles. The Morgan fingerprint density at radius 1 is 1.21 bits per heavy atom. The highest BCUT2D eigenvalue weighted by atomic mass is 32.1. The highest BCUT2D eigenvalue weighted by molar-refractivity contribution is 7.22. The van der Waals surface area contributed by atoms with Crippen molar-refractivity contribution in [1.29, 1.82) is 0 Å². The molecule has 1 aliphatic carbocycles. The molecule has 6 heteroatoms. The van der Waals surface area contributed by atoms with E-state index in [0.717, 1.165) is 69.3 Å². The van der Waals surface area contributed by atoms with Crippen LogP contribution >= 0.6 is 11.3 Å². The average Bonchev–Trinajstić information content (AvgIpc) is 3.19. The van der Waals surface area contributed by atoms with E-state index in [0.29, 0.717) is 5.91 Å². The van der Waals surface area contributed by atoms with Crippen LogP contribution in [0.3, 0.4) is 0 Å². The molecule has 2 aliphatic rings. The summed E-state index contributed by atoms with van der Waals surface area (Å²) in [5.74, 6) is 0.460. The van der Waals surface area contributed by atoms with Gasteiger partial charge in [0.2, 0.25) is 5.91 Å². The second-order valence-corrected chi connectivity index (χ2v) is 9.49. The standard InChI is InChI=1S/C23H33N3O2S/c1-17-9-10-20-21(18(17)2)24-23(29-20)26(22(27)19-7-4-3-5-8-19)12-6-11-25-13-15-28-16-14-25/h9-10,19H,3-8,11-16H2,1-2H3. The minimum atomic E-state index is 0.169. The van der Waals surface area contributed by atoms with Crippen LogP contribution in [-0.4, -0.2) is 55.2 Å². The molecule has 1 amide bonds. The SMILES string of the molecule is Cc1ccc2sc(N(CCCN3CCOCC3)C(=O)C3CCCCC3)nc2c1C. The Morgan fingerprint density at radius 2 is 1.97 bits per heavy atom. The van der Waals surface area contributed by atoms with Crippen LogP contribution in [0.5, 0.6) is 0 Å². The largest absolute Gasteiger partial charge is 0.379 e. The number of aromatic nitrogens is 1. The lowest BCUT2D eigenvalue weighted by Crippen LogP contribution is -2.41. The lowest BCUT2D eigenvalue weighted by atomic mass is 9.88. The molecular formula is C23H33N3O2S. The number of rotatable bonds is 6. The number of fused-ring (bicyclic) bond motifs is 1. The van der Waals surface area contributed by atoms with Crippen molar-refractivity contribution in [1.82, 2.24) is 9.88 Å². The van der Waals surface area contributed by atoms with E-state index in [4.69, 9.17) is 9.72 Å². The monoisotopic (exact) mass is 415 g/mol. The predicted molar refractivity (Wildman–Crippen MR) is 120 cm³/mol. The number of benzene rings is 1. The molecule has 4 rings (SSSR count). The molecule has 0 N–H and O–H groups in total. The fourth-order valence-corrected chi connectivity index (χ4v) is 5.53. The van der Waals surface area contributed by atoms with Gasteiger partial charge in [0.1, 0.15) is 0 Å². The molecule has 2 fully saturated rings. The topological polar surface area (TPSA) is 45.7 Å².